The molecule has 7 nitrogen and oxygen atoms in total. The summed E-state index contributed by atoms with van der Waals surface area (Å²) in [4.78, 5) is 11.1. The van der Waals surface area contributed by atoms with Gasteiger partial charge in [0.15, 0.2) is 5.96 Å². The number of hydrogen-bond acceptors (Lipinski definition) is 5. The molecule has 0 aliphatic rings. The quantitative estimate of drug-likeness (QED) is 0.264. The van der Waals surface area contributed by atoms with Crippen molar-refractivity contribution < 1.29 is 9.84 Å². The second kappa shape index (κ2) is 13.3. The van der Waals surface area contributed by atoms with E-state index >= 15 is 0 Å². The van der Waals surface area contributed by atoms with Crippen LogP contribution >= 0.6 is 24.0 Å². The van der Waals surface area contributed by atoms with E-state index in [2.05, 4.69) is 20.6 Å². The number of guanidine groups is 1. The summed E-state index contributed by atoms with van der Waals surface area (Å²) in [6, 6.07) is 13.4. The lowest BCUT2D eigenvalue weighted by Crippen LogP contribution is -2.39. The van der Waals surface area contributed by atoms with Gasteiger partial charge in [-0.15, -0.1) is 24.0 Å². The summed E-state index contributed by atoms with van der Waals surface area (Å²) in [6.07, 6.45) is -0.586. The third kappa shape index (κ3) is 8.74. The predicted octanol–water partition coefficient (Wildman–Crippen LogP) is 3.34. The Labute approximate surface area is 197 Å². The van der Waals surface area contributed by atoms with E-state index in [1.165, 1.54) is 0 Å². The molecule has 8 heteroatoms. The Hall–Kier alpha value is -2.07. The summed E-state index contributed by atoms with van der Waals surface area (Å²) >= 11 is 0. The van der Waals surface area contributed by atoms with Crippen LogP contribution in [0, 0.1) is 0 Å². The van der Waals surface area contributed by atoms with E-state index < -0.39 is 6.10 Å². The number of hydrogen-bond donors (Lipinski definition) is 3. The van der Waals surface area contributed by atoms with Gasteiger partial charge >= 0.3 is 0 Å². The number of anilines is 1. The molecule has 0 aliphatic heterocycles. The fourth-order valence-electron chi connectivity index (χ4n) is 2.68. The first kappa shape index (κ1) is 26.0. The molecule has 0 saturated carbocycles. The van der Waals surface area contributed by atoms with Crippen molar-refractivity contribution in [3.05, 3.63) is 53.7 Å². The summed E-state index contributed by atoms with van der Waals surface area (Å²) in [5.41, 5.74) is 1.68. The van der Waals surface area contributed by atoms with E-state index in [-0.39, 0.29) is 30.1 Å². The van der Waals surface area contributed by atoms with E-state index in [9.17, 15) is 5.11 Å². The van der Waals surface area contributed by atoms with Crippen LogP contribution in [0.1, 0.15) is 38.1 Å². The fraction of sp³-hybridized carbons (Fsp3) is 0.455. The average Bonchev–Trinajstić information content (AvgIpc) is 2.69. The molecule has 0 radical (unpaired) electrons. The van der Waals surface area contributed by atoms with Crippen molar-refractivity contribution in [2.45, 2.75) is 39.5 Å². The minimum absolute atomic E-state index is 0. The van der Waals surface area contributed by atoms with Crippen LogP contribution in [-0.4, -0.2) is 49.3 Å². The van der Waals surface area contributed by atoms with E-state index in [0.29, 0.717) is 19.0 Å². The summed E-state index contributed by atoms with van der Waals surface area (Å²) in [7, 11) is 3.92. The normalized spacial score (nSPS) is 12.2. The highest BCUT2D eigenvalue weighted by molar-refractivity contribution is 14.0. The summed E-state index contributed by atoms with van der Waals surface area (Å²) < 4.78 is 5.71. The number of aromatic nitrogens is 1. The highest BCUT2D eigenvalue weighted by Gasteiger charge is 2.10. The highest BCUT2D eigenvalue weighted by Crippen LogP contribution is 2.20. The van der Waals surface area contributed by atoms with Crippen molar-refractivity contribution in [1.82, 2.24) is 15.6 Å². The number of aliphatic hydroxyl groups excluding tert-OH is 1. The topological polar surface area (TPSA) is 82.0 Å². The molecule has 3 N–H and O–H groups in total. The maximum Gasteiger partial charge on any atom is 0.191 e. The first-order valence-corrected chi connectivity index (χ1v) is 9.99. The third-order valence-corrected chi connectivity index (χ3v) is 4.07. The van der Waals surface area contributed by atoms with Gasteiger partial charge in [-0.2, -0.15) is 0 Å². The number of nitrogens with zero attached hydrogens (tertiary/aromatic N) is 3. The number of halogens is 1. The Morgan fingerprint density at radius 1 is 1.17 bits per heavy atom. The van der Waals surface area contributed by atoms with Gasteiger partial charge in [0, 0.05) is 27.2 Å². The molecular weight excluding hydrogens is 493 g/mol. The lowest BCUT2D eigenvalue weighted by molar-refractivity contribution is 0.179. The first-order valence-electron chi connectivity index (χ1n) is 9.99. The molecule has 1 aromatic heterocycles. The van der Waals surface area contributed by atoms with Crippen LogP contribution in [0.2, 0.25) is 0 Å². The zero-order valence-corrected chi connectivity index (χ0v) is 20.8. The number of aliphatic imine (C=N–C) groups is 1. The van der Waals surface area contributed by atoms with Gasteiger partial charge in [0.05, 0.1) is 24.4 Å². The summed E-state index contributed by atoms with van der Waals surface area (Å²) in [5.74, 6) is 2.29. The van der Waals surface area contributed by atoms with Gasteiger partial charge in [-0.3, -0.25) is 0 Å². The zero-order chi connectivity index (χ0) is 21.2. The molecule has 30 heavy (non-hydrogen) atoms. The van der Waals surface area contributed by atoms with Crippen LogP contribution in [0.15, 0.2) is 47.5 Å². The van der Waals surface area contributed by atoms with Crippen molar-refractivity contribution in [2.24, 2.45) is 4.99 Å². The molecule has 0 bridgehead atoms. The number of ether oxygens (including phenoxy) is 1. The predicted molar refractivity (Wildman–Crippen MR) is 134 cm³/mol. The van der Waals surface area contributed by atoms with E-state index in [4.69, 9.17) is 4.74 Å². The molecule has 0 amide bonds. The fourth-order valence-corrected chi connectivity index (χ4v) is 2.68. The number of benzene rings is 1. The van der Waals surface area contributed by atoms with Gasteiger partial charge in [0.1, 0.15) is 11.6 Å². The number of rotatable bonds is 9. The van der Waals surface area contributed by atoms with Crippen LogP contribution in [0.3, 0.4) is 0 Å². The first-order chi connectivity index (χ1) is 13.9. The van der Waals surface area contributed by atoms with E-state index in [0.717, 1.165) is 29.4 Å². The second-order valence-corrected chi connectivity index (χ2v) is 7.21. The van der Waals surface area contributed by atoms with Gasteiger partial charge < -0.3 is 25.4 Å². The lowest BCUT2D eigenvalue weighted by atomic mass is 10.1. The number of pyridine rings is 1. The largest absolute Gasteiger partial charge is 0.491 e. The minimum atomic E-state index is -0.676. The molecule has 0 aliphatic carbocycles. The molecule has 166 valence electrons. The Bertz CT molecular complexity index is 799. The van der Waals surface area contributed by atoms with Gasteiger partial charge in [-0.1, -0.05) is 18.2 Å². The number of nitrogens with one attached hydrogen (secondary N) is 2. The molecule has 1 unspecified atom stereocenters. The van der Waals surface area contributed by atoms with Crippen molar-refractivity contribution in [1.29, 1.82) is 0 Å². The van der Waals surface area contributed by atoms with Crippen molar-refractivity contribution in [2.75, 3.05) is 32.1 Å². The lowest BCUT2D eigenvalue weighted by Gasteiger charge is -2.17. The maximum absolute atomic E-state index is 10.6. The average molecular weight is 527 g/mol. The molecular formula is C22H34IN5O2. The van der Waals surface area contributed by atoms with Crippen molar-refractivity contribution in [3.63, 3.8) is 0 Å². The third-order valence-electron chi connectivity index (χ3n) is 4.07. The zero-order valence-electron chi connectivity index (χ0n) is 18.4. The SMILES string of the molecule is CCNC(=NCc1cccc(N(C)C)n1)NCC(O)c1cccc(OC(C)C)c1.I. The van der Waals surface area contributed by atoms with Crippen molar-refractivity contribution in [3.8, 4) is 5.75 Å². The second-order valence-electron chi connectivity index (χ2n) is 7.21. The maximum atomic E-state index is 10.6. The molecule has 2 aromatic rings. The molecule has 0 spiro atoms. The highest BCUT2D eigenvalue weighted by atomic mass is 127. The van der Waals surface area contributed by atoms with Crippen LogP contribution in [-0.2, 0) is 6.54 Å². The molecule has 1 atom stereocenters. The number of aliphatic hydroxyl groups is 1. The Kier molecular flexibility index (Phi) is 11.5. The monoisotopic (exact) mass is 527 g/mol. The van der Waals surface area contributed by atoms with Crippen LogP contribution in [0.5, 0.6) is 5.75 Å². The van der Waals surface area contributed by atoms with E-state index in [1.54, 1.807) is 0 Å². The van der Waals surface area contributed by atoms with Crippen LogP contribution in [0.4, 0.5) is 5.82 Å². The summed E-state index contributed by atoms with van der Waals surface area (Å²) in [5, 5.41) is 17.0. The molecule has 2 rings (SSSR count). The van der Waals surface area contributed by atoms with Gasteiger partial charge in [-0.05, 0) is 50.6 Å². The Morgan fingerprint density at radius 2 is 1.90 bits per heavy atom. The standard InChI is InChI=1S/C22H33N5O2.HI/c1-6-23-22(24-14-18-10-8-12-21(26-18)27(4)5)25-15-20(28)17-9-7-11-19(13-17)29-16(2)3;/h7-13,16,20,28H,6,14-15H2,1-5H3,(H2,23,24,25);1H. The van der Waals surface area contributed by atoms with Crippen LogP contribution < -0.4 is 20.3 Å². The molecule has 1 aromatic carbocycles. The van der Waals surface area contributed by atoms with Crippen molar-refractivity contribution >= 4 is 35.8 Å². The minimum Gasteiger partial charge on any atom is -0.491 e. The van der Waals surface area contributed by atoms with Gasteiger partial charge in [0.25, 0.3) is 0 Å². The van der Waals surface area contributed by atoms with E-state index in [1.807, 2.05) is 82.2 Å². The Balaban J connectivity index is 0.00000450. The summed E-state index contributed by atoms with van der Waals surface area (Å²) in [6.45, 7) is 7.48. The Morgan fingerprint density at radius 3 is 2.57 bits per heavy atom. The smallest absolute Gasteiger partial charge is 0.191 e. The molecule has 0 fully saturated rings. The molecule has 0 saturated heterocycles. The van der Waals surface area contributed by atoms with Crippen LogP contribution in [0.25, 0.3) is 0 Å². The molecule has 1 heterocycles. The van der Waals surface area contributed by atoms with Gasteiger partial charge in [0.2, 0.25) is 0 Å². The van der Waals surface area contributed by atoms with Gasteiger partial charge in [-0.25, -0.2) is 9.98 Å².